The third-order valence-corrected chi connectivity index (χ3v) is 15.3. The van der Waals surface area contributed by atoms with Crippen LogP contribution in [0.2, 0.25) is 0 Å². The third-order valence-electron chi connectivity index (χ3n) is 15.3. The number of benzene rings is 11. The molecule has 0 N–H and O–H groups in total. The molecule has 0 atom stereocenters. The van der Waals surface area contributed by atoms with Gasteiger partial charge in [0.1, 0.15) is 11.5 Å². The lowest BCUT2D eigenvalue weighted by molar-refractivity contribution is 0.447. The van der Waals surface area contributed by atoms with Crippen molar-refractivity contribution in [1.29, 1.82) is 0 Å². The largest absolute Gasteiger partial charge is 0.455 e. The number of anilines is 3. The van der Waals surface area contributed by atoms with Gasteiger partial charge < -0.3 is 9.64 Å². The van der Waals surface area contributed by atoms with Crippen LogP contribution in [0.5, 0.6) is 11.5 Å². The number of hydrogen-bond donors (Lipinski definition) is 0. The Morgan fingerprint density at radius 2 is 0.621 bits per heavy atom. The molecule has 0 radical (unpaired) electrons. The SMILES string of the molecule is c1ccc(N(c2ccc3c(c2)C2(c4ccccc4-c4ccccc42)c2ccccc2-3)c2ccc3c(c2)C2(c4ccccc4-3)c3ccc4ccccc4c3Oc3c2ccc2ccccc32)cc1. The minimum atomic E-state index is -0.665. The van der Waals surface area contributed by atoms with E-state index in [4.69, 9.17) is 4.74 Å². The van der Waals surface area contributed by atoms with Gasteiger partial charge in [0.05, 0.1) is 10.8 Å². The highest BCUT2D eigenvalue weighted by Crippen LogP contribution is 2.66. The lowest BCUT2D eigenvalue weighted by Gasteiger charge is -2.40. The molecule has 2 spiro atoms. The lowest BCUT2D eigenvalue weighted by Crippen LogP contribution is -2.32. The summed E-state index contributed by atoms with van der Waals surface area (Å²) in [5.74, 6) is 1.84. The summed E-state index contributed by atoms with van der Waals surface area (Å²) in [5, 5.41) is 4.55. The monoisotopic (exact) mass is 837 g/mol. The van der Waals surface area contributed by atoms with E-state index in [1.165, 1.54) is 66.8 Å². The molecule has 3 aliphatic carbocycles. The summed E-state index contributed by atoms with van der Waals surface area (Å²) in [6, 6.07) is 88.1. The Labute approximate surface area is 383 Å². The molecule has 0 saturated carbocycles. The van der Waals surface area contributed by atoms with E-state index in [0.717, 1.165) is 61.2 Å². The van der Waals surface area contributed by atoms with Crippen LogP contribution in [0.4, 0.5) is 17.1 Å². The molecule has 0 unspecified atom stereocenters. The van der Waals surface area contributed by atoms with Crippen LogP contribution in [0.25, 0.3) is 54.9 Å². The fourth-order valence-electron chi connectivity index (χ4n) is 12.8. The maximum absolute atomic E-state index is 7.29. The summed E-state index contributed by atoms with van der Waals surface area (Å²) in [4.78, 5) is 2.47. The van der Waals surface area contributed by atoms with E-state index in [9.17, 15) is 0 Å². The molecule has 66 heavy (non-hydrogen) atoms. The summed E-state index contributed by atoms with van der Waals surface area (Å²) >= 11 is 0. The van der Waals surface area contributed by atoms with Crippen molar-refractivity contribution in [2.24, 2.45) is 0 Å². The van der Waals surface area contributed by atoms with Crippen molar-refractivity contribution in [2.45, 2.75) is 10.8 Å². The van der Waals surface area contributed by atoms with Crippen molar-refractivity contribution in [3.63, 3.8) is 0 Å². The molecule has 11 aromatic rings. The van der Waals surface area contributed by atoms with Crippen LogP contribution < -0.4 is 9.64 Å². The summed E-state index contributed by atoms with van der Waals surface area (Å²) in [7, 11) is 0. The van der Waals surface area contributed by atoms with Crippen molar-refractivity contribution in [2.75, 3.05) is 4.90 Å². The van der Waals surface area contributed by atoms with E-state index in [0.29, 0.717) is 0 Å². The van der Waals surface area contributed by atoms with E-state index in [1.54, 1.807) is 0 Å². The predicted octanol–water partition coefficient (Wildman–Crippen LogP) is 16.3. The molecule has 1 aliphatic heterocycles. The van der Waals surface area contributed by atoms with E-state index >= 15 is 0 Å². The molecular weight excluding hydrogens is 799 g/mol. The zero-order valence-corrected chi connectivity index (χ0v) is 35.9. The highest BCUT2D eigenvalue weighted by Gasteiger charge is 2.53. The van der Waals surface area contributed by atoms with Gasteiger partial charge in [-0.2, -0.15) is 0 Å². The van der Waals surface area contributed by atoms with Crippen LogP contribution in [0.3, 0.4) is 0 Å². The first-order valence-corrected chi connectivity index (χ1v) is 23.0. The molecular formula is C64H39NO. The first-order chi connectivity index (χ1) is 32.7. The molecule has 2 heteroatoms. The molecule has 4 aliphatic rings. The Balaban J connectivity index is 1.02. The average Bonchev–Trinajstić information content (AvgIpc) is 3.97. The van der Waals surface area contributed by atoms with E-state index in [-0.39, 0.29) is 0 Å². The Hall–Kier alpha value is -8.46. The molecule has 1 heterocycles. The number of ether oxygens (including phenoxy) is 1. The Bertz CT molecular complexity index is 3730. The van der Waals surface area contributed by atoms with Crippen LogP contribution in [0.1, 0.15) is 44.5 Å². The van der Waals surface area contributed by atoms with Crippen LogP contribution in [0.15, 0.2) is 237 Å². The average molecular weight is 838 g/mol. The summed E-state index contributed by atoms with van der Waals surface area (Å²) in [5.41, 5.74) is 20.1. The summed E-state index contributed by atoms with van der Waals surface area (Å²) < 4.78 is 7.29. The molecule has 2 nitrogen and oxygen atoms in total. The van der Waals surface area contributed by atoms with Gasteiger partial charge in [0.15, 0.2) is 0 Å². The number of rotatable bonds is 3. The van der Waals surface area contributed by atoms with E-state index in [2.05, 4.69) is 241 Å². The van der Waals surface area contributed by atoms with Gasteiger partial charge >= 0.3 is 0 Å². The van der Waals surface area contributed by atoms with E-state index in [1.807, 2.05) is 0 Å². The maximum Gasteiger partial charge on any atom is 0.140 e. The van der Waals surface area contributed by atoms with Gasteiger partial charge in [-0.15, -0.1) is 0 Å². The second kappa shape index (κ2) is 13.1. The standard InChI is InChI=1S/C64H39NO/c1-2-18-42(19-3-1)65(43-32-34-51-49-24-10-14-28-55(49)63(59(51)38-43)53-26-12-8-22-47(53)48-23-9-13-27-54(48)63)44-33-35-52-50-25-11-15-29-56(50)64(60(52)39-44)57-36-30-40-16-4-6-20-45(40)61(57)66-62-46-21-7-5-17-41(46)31-37-58(62)64/h1-39H. The van der Waals surface area contributed by atoms with Crippen molar-refractivity contribution in [1.82, 2.24) is 0 Å². The van der Waals surface area contributed by atoms with Crippen LogP contribution in [0, 0.1) is 0 Å². The van der Waals surface area contributed by atoms with Crippen LogP contribution in [-0.2, 0) is 10.8 Å². The normalized spacial score (nSPS) is 14.4. The molecule has 11 aromatic carbocycles. The summed E-state index contributed by atoms with van der Waals surface area (Å²) in [6.45, 7) is 0. The lowest BCUT2D eigenvalue weighted by atomic mass is 9.65. The zero-order chi connectivity index (χ0) is 43.1. The highest BCUT2D eigenvalue weighted by atomic mass is 16.5. The van der Waals surface area contributed by atoms with Crippen molar-refractivity contribution < 1.29 is 4.74 Å². The maximum atomic E-state index is 7.29. The molecule has 0 fully saturated rings. The van der Waals surface area contributed by atoms with Gasteiger partial charge in [0.25, 0.3) is 0 Å². The molecule has 306 valence electrons. The second-order valence-electron chi connectivity index (χ2n) is 18.2. The van der Waals surface area contributed by atoms with Gasteiger partial charge in [0, 0.05) is 39.0 Å². The first kappa shape index (κ1) is 35.9. The van der Waals surface area contributed by atoms with Crippen LogP contribution in [-0.4, -0.2) is 0 Å². The molecule has 0 saturated heterocycles. The molecule has 0 aromatic heterocycles. The fourth-order valence-corrected chi connectivity index (χ4v) is 12.8. The van der Waals surface area contributed by atoms with E-state index < -0.39 is 10.8 Å². The highest BCUT2D eigenvalue weighted by molar-refractivity contribution is 6.01. The predicted molar refractivity (Wildman–Crippen MR) is 270 cm³/mol. The number of fused-ring (bicyclic) bond motifs is 23. The quantitative estimate of drug-likeness (QED) is 0.176. The van der Waals surface area contributed by atoms with Crippen molar-refractivity contribution in [3.8, 4) is 44.9 Å². The van der Waals surface area contributed by atoms with Gasteiger partial charge in [-0.3, -0.25) is 0 Å². The second-order valence-corrected chi connectivity index (χ2v) is 18.2. The number of nitrogens with zero attached hydrogens (tertiary/aromatic N) is 1. The molecule has 0 amide bonds. The molecule has 15 rings (SSSR count). The minimum absolute atomic E-state index is 0.456. The first-order valence-electron chi connectivity index (χ1n) is 23.0. The third kappa shape index (κ3) is 4.41. The van der Waals surface area contributed by atoms with Crippen LogP contribution >= 0.6 is 0 Å². The van der Waals surface area contributed by atoms with Gasteiger partial charge in [0.2, 0.25) is 0 Å². The zero-order valence-electron chi connectivity index (χ0n) is 35.9. The topological polar surface area (TPSA) is 12.5 Å². The van der Waals surface area contributed by atoms with Gasteiger partial charge in [-0.05, 0) is 114 Å². The number of para-hydroxylation sites is 1. The van der Waals surface area contributed by atoms with Gasteiger partial charge in [-0.25, -0.2) is 0 Å². The fraction of sp³-hybridized carbons (Fsp3) is 0.0312. The Morgan fingerprint density at radius 3 is 1.08 bits per heavy atom. The smallest absolute Gasteiger partial charge is 0.140 e. The van der Waals surface area contributed by atoms with Crippen molar-refractivity contribution in [3.05, 3.63) is 281 Å². The summed E-state index contributed by atoms with van der Waals surface area (Å²) in [6.07, 6.45) is 0. The molecule has 0 bridgehead atoms. The Kier molecular flexibility index (Phi) is 7.11. The Morgan fingerprint density at radius 1 is 0.258 bits per heavy atom. The minimum Gasteiger partial charge on any atom is -0.455 e. The number of hydrogen-bond acceptors (Lipinski definition) is 2. The van der Waals surface area contributed by atoms with Gasteiger partial charge in [-0.1, -0.05) is 200 Å². The van der Waals surface area contributed by atoms with Crippen molar-refractivity contribution >= 4 is 38.6 Å².